The zero-order valence-electron chi connectivity index (χ0n) is 12.5. The average molecular weight is 269 g/mol. The van der Waals surface area contributed by atoms with Crippen molar-refractivity contribution in [2.24, 2.45) is 0 Å². The second kappa shape index (κ2) is 8.49. The molecule has 5 heteroatoms. The summed E-state index contributed by atoms with van der Waals surface area (Å²) >= 11 is 0. The van der Waals surface area contributed by atoms with E-state index in [9.17, 15) is 0 Å². The molecule has 0 unspecified atom stereocenters. The molecule has 0 aromatic rings. The summed E-state index contributed by atoms with van der Waals surface area (Å²) in [5.41, 5.74) is -0.345. The first-order valence-corrected chi connectivity index (χ1v) is 7.05. The molecule has 1 heterocycles. The zero-order valence-corrected chi connectivity index (χ0v) is 12.5. The molecule has 0 amide bonds. The van der Waals surface area contributed by atoms with Crippen LogP contribution in [0.2, 0.25) is 0 Å². The Labute approximate surface area is 117 Å². The van der Waals surface area contributed by atoms with Crippen molar-refractivity contribution in [2.75, 3.05) is 59.7 Å². The fourth-order valence-corrected chi connectivity index (χ4v) is 2.20. The molecular weight excluding hydrogens is 242 g/mol. The minimum Gasteiger partial charge on any atom is -0.385 e. The molecule has 0 aromatic carbocycles. The molecule has 0 saturated carbocycles. The van der Waals surface area contributed by atoms with Gasteiger partial charge in [0.2, 0.25) is 0 Å². The number of methoxy groups -OCH3 is 1. The highest BCUT2D eigenvalue weighted by molar-refractivity contribution is 5.02. The number of hydrogen-bond acceptors (Lipinski definition) is 5. The number of rotatable bonds is 8. The van der Waals surface area contributed by atoms with Crippen molar-refractivity contribution in [1.29, 1.82) is 5.26 Å². The summed E-state index contributed by atoms with van der Waals surface area (Å²) in [6.45, 7) is 11.2. The van der Waals surface area contributed by atoms with Gasteiger partial charge in [-0.15, -0.1) is 0 Å². The van der Waals surface area contributed by atoms with Crippen molar-refractivity contribution in [2.45, 2.75) is 25.8 Å². The van der Waals surface area contributed by atoms with Gasteiger partial charge in [0.1, 0.15) is 5.54 Å². The molecule has 0 atom stereocenters. The van der Waals surface area contributed by atoms with E-state index in [0.717, 1.165) is 59.0 Å². The fraction of sp³-hybridized carbons (Fsp3) is 0.929. The van der Waals surface area contributed by atoms with Crippen LogP contribution in [0.25, 0.3) is 0 Å². The summed E-state index contributed by atoms with van der Waals surface area (Å²) in [5, 5.41) is 9.12. The van der Waals surface area contributed by atoms with Crippen LogP contribution < -0.4 is 0 Å². The minimum absolute atomic E-state index is 0.345. The first-order valence-electron chi connectivity index (χ1n) is 7.05. The molecule has 5 nitrogen and oxygen atoms in total. The van der Waals surface area contributed by atoms with Gasteiger partial charge in [-0.05, 0) is 20.3 Å². The summed E-state index contributed by atoms with van der Waals surface area (Å²) in [6.07, 6.45) is 0.959. The Morgan fingerprint density at radius 2 is 1.79 bits per heavy atom. The standard InChI is InChI=1S/C14H27N3O2/c1-14(2,13-15)17-7-5-16(6-8-17)9-12-19-11-4-10-18-3/h4-12H2,1-3H3. The fourth-order valence-electron chi connectivity index (χ4n) is 2.20. The van der Waals surface area contributed by atoms with Crippen molar-refractivity contribution in [3.8, 4) is 6.07 Å². The van der Waals surface area contributed by atoms with Gasteiger partial charge >= 0.3 is 0 Å². The first-order chi connectivity index (χ1) is 9.10. The highest BCUT2D eigenvalue weighted by Crippen LogP contribution is 2.15. The molecule has 19 heavy (non-hydrogen) atoms. The van der Waals surface area contributed by atoms with Crippen LogP contribution in [0.15, 0.2) is 0 Å². The number of nitriles is 1. The number of hydrogen-bond donors (Lipinski definition) is 0. The Morgan fingerprint density at radius 1 is 1.11 bits per heavy atom. The molecule has 0 radical (unpaired) electrons. The maximum Gasteiger partial charge on any atom is 0.103 e. The van der Waals surface area contributed by atoms with Crippen molar-refractivity contribution in [3.63, 3.8) is 0 Å². The van der Waals surface area contributed by atoms with Crippen molar-refractivity contribution in [1.82, 2.24) is 9.80 Å². The van der Waals surface area contributed by atoms with E-state index in [0.29, 0.717) is 0 Å². The third kappa shape index (κ3) is 5.87. The van der Waals surface area contributed by atoms with Crippen LogP contribution in [-0.2, 0) is 9.47 Å². The van der Waals surface area contributed by atoms with Gasteiger partial charge in [-0.1, -0.05) is 0 Å². The molecular formula is C14H27N3O2. The minimum atomic E-state index is -0.345. The van der Waals surface area contributed by atoms with Crippen LogP contribution in [-0.4, -0.2) is 75.0 Å². The molecule has 1 fully saturated rings. The average Bonchev–Trinajstić information content (AvgIpc) is 2.43. The molecule has 1 aliphatic rings. The van der Waals surface area contributed by atoms with E-state index in [4.69, 9.17) is 14.7 Å². The van der Waals surface area contributed by atoms with Crippen LogP contribution in [0.5, 0.6) is 0 Å². The van der Waals surface area contributed by atoms with E-state index in [-0.39, 0.29) is 5.54 Å². The van der Waals surface area contributed by atoms with Gasteiger partial charge in [0, 0.05) is 53.0 Å². The molecule has 0 N–H and O–H groups in total. The Kier molecular flexibility index (Phi) is 7.32. The van der Waals surface area contributed by atoms with Gasteiger partial charge in [0.05, 0.1) is 12.7 Å². The maximum absolute atomic E-state index is 9.12. The van der Waals surface area contributed by atoms with Gasteiger partial charge in [-0.2, -0.15) is 5.26 Å². The van der Waals surface area contributed by atoms with E-state index >= 15 is 0 Å². The van der Waals surface area contributed by atoms with E-state index in [1.54, 1.807) is 7.11 Å². The molecule has 1 saturated heterocycles. The Hall–Kier alpha value is -0.670. The van der Waals surface area contributed by atoms with E-state index in [1.807, 2.05) is 13.8 Å². The number of nitrogens with zero attached hydrogens (tertiary/aromatic N) is 3. The van der Waals surface area contributed by atoms with Crippen LogP contribution >= 0.6 is 0 Å². The van der Waals surface area contributed by atoms with Crippen molar-refractivity contribution >= 4 is 0 Å². The van der Waals surface area contributed by atoms with Crippen LogP contribution in [0.4, 0.5) is 0 Å². The van der Waals surface area contributed by atoms with Gasteiger partial charge < -0.3 is 9.47 Å². The van der Waals surface area contributed by atoms with E-state index < -0.39 is 0 Å². The molecule has 0 aromatic heterocycles. The molecule has 0 bridgehead atoms. The zero-order chi connectivity index (χ0) is 14.1. The smallest absolute Gasteiger partial charge is 0.103 e. The normalized spacial score (nSPS) is 18.4. The van der Waals surface area contributed by atoms with Gasteiger partial charge in [-0.25, -0.2) is 0 Å². The molecule has 1 rings (SSSR count). The maximum atomic E-state index is 9.12. The molecule has 0 aliphatic carbocycles. The lowest BCUT2D eigenvalue weighted by atomic mass is 10.0. The SMILES string of the molecule is COCCCOCCN1CCN(C(C)(C)C#N)CC1. The number of ether oxygens (including phenoxy) is 2. The highest BCUT2D eigenvalue weighted by Gasteiger charge is 2.29. The summed E-state index contributed by atoms with van der Waals surface area (Å²) in [5.74, 6) is 0. The monoisotopic (exact) mass is 269 g/mol. The summed E-state index contributed by atoms with van der Waals surface area (Å²) in [4.78, 5) is 4.66. The quantitative estimate of drug-likeness (QED) is 0.614. The van der Waals surface area contributed by atoms with Crippen LogP contribution in [0.1, 0.15) is 20.3 Å². The summed E-state index contributed by atoms with van der Waals surface area (Å²) in [6, 6.07) is 2.37. The highest BCUT2D eigenvalue weighted by atomic mass is 16.5. The summed E-state index contributed by atoms with van der Waals surface area (Å²) in [7, 11) is 1.71. The molecule has 110 valence electrons. The molecule has 1 aliphatic heterocycles. The Bertz CT molecular complexity index is 281. The first kappa shape index (κ1) is 16.4. The van der Waals surface area contributed by atoms with E-state index in [2.05, 4.69) is 15.9 Å². The third-order valence-corrected chi connectivity index (χ3v) is 3.63. The molecule has 0 spiro atoms. The van der Waals surface area contributed by atoms with Crippen molar-refractivity contribution in [3.05, 3.63) is 0 Å². The van der Waals surface area contributed by atoms with E-state index in [1.165, 1.54) is 0 Å². The third-order valence-electron chi connectivity index (χ3n) is 3.63. The lowest BCUT2D eigenvalue weighted by Gasteiger charge is -2.40. The van der Waals surface area contributed by atoms with Crippen molar-refractivity contribution < 1.29 is 9.47 Å². The van der Waals surface area contributed by atoms with Gasteiger partial charge in [0.15, 0.2) is 0 Å². The predicted molar refractivity (Wildman–Crippen MR) is 75.0 cm³/mol. The predicted octanol–water partition coefficient (Wildman–Crippen LogP) is 0.959. The van der Waals surface area contributed by atoms with Gasteiger partial charge in [0.25, 0.3) is 0 Å². The van der Waals surface area contributed by atoms with Crippen LogP contribution in [0, 0.1) is 11.3 Å². The Balaban J connectivity index is 2.09. The number of piperazine rings is 1. The largest absolute Gasteiger partial charge is 0.385 e. The summed E-state index contributed by atoms with van der Waals surface area (Å²) < 4.78 is 10.5. The van der Waals surface area contributed by atoms with Crippen LogP contribution in [0.3, 0.4) is 0 Å². The second-order valence-electron chi connectivity index (χ2n) is 5.46. The topological polar surface area (TPSA) is 48.7 Å². The lowest BCUT2D eigenvalue weighted by Crippen LogP contribution is -2.54. The second-order valence-corrected chi connectivity index (χ2v) is 5.46. The van der Waals surface area contributed by atoms with Gasteiger partial charge in [-0.3, -0.25) is 9.80 Å². The lowest BCUT2D eigenvalue weighted by molar-refractivity contribution is 0.0474. The Morgan fingerprint density at radius 3 is 2.37 bits per heavy atom.